The molecule has 0 aliphatic carbocycles. The third-order valence-electron chi connectivity index (χ3n) is 6.40. The quantitative estimate of drug-likeness (QED) is 0.336. The van der Waals surface area contributed by atoms with E-state index in [1.165, 1.54) is 0 Å². The van der Waals surface area contributed by atoms with Crippen LogP contribution in [-0.4, -0.2) is 64.0 Å². The first-order valence-corrected chi connectivity index (χ1v) is 12.3. The van der Waals surface area contributed by atoms with Crippen molar-refractivity contribution in [3.05, 3.63) is 90.4 Å². The minimum Gasteiger partial charge on any atom is -0.397 e. The highest BCUT2D eigenvalue weighted by Gasteiger charge is 2.14. The van der Waals surface area contributed by atoms with E-state index in [0.717, 1.165) is 55.1 Å². The summed E-state index contributed by atoms with van der Waals surface area (Å²) in [6.07, 6.45) is 5.19. The number of piperazine rings is 1. The van der Waals surface area contributed by atoms with Gasteiger partial charge in [0, 0.05) is 68.0 Å². The normalized spacial score (nSPS) is 14.4. The number of aromatic nitrogens is 3. The zero-order valence-corrected chi connectivity index (χ0v) is 20.8. The molecule has 4 N–H and O–H groups in total. The van der Waals surface area contributed by atoms with Gasteiger partial charge in [0.1, 0.15) is 0 Å². The predicted octanol–water partition coefficient (Wildman–Crippen LogP) is 3.29. The summed E-state index contributed by atoms with van der Waals surface area (Å²) < 4.78 is 0. The van der Waals surface area contributed by atoms with Crippen molar-refractivity contribution in [1.82, 2.24) is 30.3 Å². The van der Waals surface area contributed by atoms with Gasteiger partial charge < -0.3 is 16.0 Å². The van der Waals surface area contributed by atoms with Gasteiger partial charge in [0.05, 0.1) is 17.1 Å². The third-order valence-corrected chi connectivity index (χ3v) is 6.40. The summed E-state index contributed by atoms with van der Waals surface area (Å²) in [5, 5.41) is 5.15. The number of hydrogen-bond acceptors (Lipinski definition) is 8. The van der Waals surface area contributed by atoms with Gasteiger partial charge in [-0.15, -0.1) is 0 Å². The first-order chi connectivity index (χ1) is 18.0. The Morgan fingerprint density at radius 2 is 1.78 bits per heavy atom. The van der Waals surface area contributed by atoms with Crippen LogP contribution in [0.15, 0.2) is 79.3 Å². The zero-order chi connectivity index (χ0) is 25.6. The molecule has 0 atom stereocenters. The van der Waals surface area contributed by atoms with Crippen molar-refractivity contribution in [2.45, 2.75) is 6.54 Å². The van der Waals surface area contributed by atoms with Crippen molar-refractivity contribution in [1.29, 1.82) is 0 Å². The van der Waals surface area contributed by atoms with Crippen molar-refractivity contribution in [3.8, 4) is 22.6 Å². The zero-order valence-electron chi connectivity index (χ0n) is 20.8. The van der Waals surface area contributed by atoms with Crippen LogP contribution in [0.2, 0.25) is 0 Å². The van der Waals surface area contributed by atoms with Gasteiger partial charge in [-0.05, 0) is 61.1 Å². The number of likely N-dealkylation sites (N-methyl/N-ethyl adjacent to an activating group) is 1. The van der Waals surface area contributed by atoms with Crippen LogP contribution in [0.3, 0.4) is 0 Å². The summed E-state index contributed by atoms with van der Waals surface area (Å²) in [5.74, 6) is 0.333. The van der Waals surface area contributed by atoms with Crippen molar-refractivity contribution in [3.63, 3.8) is 0 Å². The third kappa shape index (κ3) is 6.15. The highest BCUT2D eigenvalue weighted by atomic mass is 16.1. The molecule has 188 valence electrons. The number of nitrogens with zero attached hydrogens (tertiary/aromatic N) is 5. The number of hydrogen-bond donors (Lipinski definition) is 3. The number of anilines is 2. The molecule has 0 unspecified atom stereocenters. The highest BCUT2D eigenvalue weighted by Crippen LogP contribution is 2.27. The number of rotatable bonds is 7. The average molecular weight is 495 g/mol. The second kappa shape index (κ2) is 11.3. The number of nitrogens with two attached hydrogens (primary N) is 1. The molecule has 5 rings (SSSR count). The van der Waals surface area contributed by atoms with Crippen LogP contribution in [0, 0.1) is 0 Å². The summed E-state index contributed by atoms with van der Waals surface area (Å²) in [7, 11) is 2.14. The molecule has 0 radical (unpaired) electrons. The fourth-order valence-electron chi connectivity index (χ4n) is 4.12. The fourth-order valence-corrected chi connectivity index (χ4v) is 4.12. The van der Waals surface area contributed by atoms with Gasteiger partial charge in [-0.3, -0.25) is 15.2 Å². The molecule has 1 aliphatic rings. The summed E-state index contributed by atoms with van der Waals surface area (Å²) >= 11 is 0. The molecule has 0 spiro atoms. The van der Waals surface area contributed by atoms with Crippen LogP contribution < -0.4 is 16.5 Å². The molecule has 1 aliphatic heterocycles. The lowest BCUT2D eigenvalue weighted by atomic mass is 10.1. The number of benzene rings is 2. The van der Waals surface area contributed by atoms with Gasteiger partial charge in [0.2, 0.25) is 0 Å². The number of carbonyl (C=O) groups excluding carboxylic acids is 1. The van der Waals surface area contributed by atoms with E-state index in [9.17, 15) is 4.79 Å². The number of amides is 1. The van der Waals surface area contributed by atoms with Crippen LogP contribution >= 0.6 is 0 Å². The number of nitrogen functional groups attached to an aromatic ring is 1. The largest absolute Gasteiger partial charge is 0.397 e. The molecule has 0 bridgehead atoms. The van der Waals surface area contributed by atoms with Gasteiger partial charge in [0.15, 0.2) is 5.82 Å². The summed E-state index contributed by atoms with van der Waals surface area (Å²) in [5.41, 5.74) is 14.9. The van der Waals surface area contributed by atoms with Crippen LogP contribution in [0.1, 0.15) is 15.9 Å². The molecule has 0 saturated carbocycles. The van der Waals surface area contributed by atoms with E-state index in [1.54, 1.807) is 30.7 Å². The predicted molar refractivity (Wildman–Crippen MR) is 145 cm³/mol. The van der Waals surface area contributed by atoms with E-state index in [2.05, 4.69) is 42.7 Å². The van der Waals surface area contributed by atoms with Crippen LogP contribution in [-0.2, 0) is 6.54 Å². The van der Waals surface area contributed by atoms with E-state index in [-0.39, 0.29) is 5.91 Å². The highest BCUT2D eigenvalue weighted by molar-refractivity contribution is 6.06. The van der Waals surface area contributed by atoms with E-state index >= 15 is 0 Å². The first kappa shape index (κ1) is 24.5. The maximum atomic E-state index is 12.8. The summed E-state index contributed by atoms with van der Waals surface area (Å²) in [6.45, 7) is 4.84. The number of carbonyl (C=O) groups is 1. The Morgan fingerprint density at radius 3 is 2.51 bits per heavy atom. The molecule has 9 heteroatoms. The Labute approximate surface area is 216 Å². The maximum absolute atomic E-state index is 12.8. The molecule has 2 aromatic carbocycles. The van der Waals surface area contributed by atoms with Crippen LogP contribution in [0.25, 0.3) is 22.6 Å². The summed E-state index contributed by atoms with van der Waals surface area (Å²) in [4.78, 5) is 28.3. The summed E-state index contributed by atoms with van der Waals surface area (Å²) in [6, 6.07) is 18.6. The Hall–Kier alpha value is -4.18. The lowest BCUT2D eigenvalue weighted by Crippen LogP contribution is -2.50. The molecule has 3 heterocycles. The maximum Gasteiger partial charge on any atom is 0.255 e. The number of nitrogens with one attached hydrogen (secondary N) is 2. The van der Waals surface area contributed by atoms with Crippen LogP contribution in [0.4, 0.5) is 11.4 Å². The van der Waals surface area contributed by atoms with Crippen molar-refractivity contribution in [2.75, 3.05) is 44.3 Å². The molecule has 2 aromatic heterocycles. The Bertz CT molecular complexity index is 1350. The van der Waals surface area contributed by atoms with E-state index in [4.69, 9.17) is 5.73 Å². The Balaban J connectivity index is 1.21. The standard InChI is InChI=1S/C28H30N8O/c1-35-13-15-36(16-14-35)32-18-20-4-6-21(7-5-20)28(37)34-26-9-8-22(17-24(26)29)27-31-12-10-25(33-27)23-3-2-11-30-19-23/h2-12,17,19,32H,13-16,18,29H2,1H3,(H,34,37). The Morgan fingerprint density at radius 1 is 0.973 bits per heavy atom. The van der Waals surface area contributed by atoms with Gasteiger partial charge in [0.25, 0.3) is 5.91 Å². The van der Waals surface area contributed by atoms with Crippen molar-refractivity contribution in [2.24, 2.45) is 0 Å². The van der Waals surface area contributed by atoms with Gasteiger partial charge in [-0.25, -0.2) is 15.0 Å². The minimum absolute atomic E-state index is 0.215. The SMILES string of the molecule is CN1CCN(NCc2ccc(C(=O)Nc3ccc(-c4nccc(-c5cccnc5)n4)cc3N)cc2)CC1. The topological polar surface area (TPSA) is 112 Å². The lowest BCUT2D eigenvalue weighted by Gasteiger charge is -2.32. The molecular formula is C28H30N8O. The van der Waals surface area contributed by atoms with Gasteiger partial charge >= 0.3 is 0 Å². The van der Waals surface area contributed by atoms with Gasteiger partial charge in [-0.2, -0.15) is 0 Å². The second-order valence-electron chi connectivity index (χ2n) is 9.09. The average Bonchev–Trinajstić information content (AvgIpc) is 2.94. The molecular weight excluding hydrogens is 464 g/mol. The molecule has 37 heavy (non-hydrogen) atoms. The number of hydrazine groups is 1. The molecule has 4 aromatic rings. The van der Waals surface area contributed by atoms with E-state index < -0.39 is 0 Å². The molecule has 1 saturated heterocycles. The minimum atomic E-state index is -0.215. The Kier molecular flexibility index (Phi) is 7.46. The van der Waals surface area contributed by atoms with Crippen molar-refractivity contribution < 1.29 is 4.79 Å². The molecule has 1 amide bonds. The molecule has 1 fully saturated rings. The smallest absolute Gasteiger partial charge is 0.255 e. The monoisotopic (exact) mass is 494 g/mol. The van der Waals surface area contributed by atoms with Crippen LogP contribution in [0.5, 0.6) is 0 Å². The number of pyridine rings is 1. The lowest BCUT2D eigenvalue weighted by molar-refractivity contribution is 0.102. The molecule has 9 nitrogen and oxygen atoms in total. The van der Waals surface area contributed by atoms with Crippen molar-refractivity contribution >= 4 is 17.3 Å². The first-order valence-electron chi connectivity index (χ1n) is 12.3. The second-order valence-corrected chi connectivity index (χ2v) is 9.09. The van der Waals surface area contributed by atoms with Gasteiger partial charge in [-0.1, -0.05) is 12.1 Å². The fraction of sp³-hybridized carbons (Fsp3) is 0.214. The van der Waals surface area contributed by atoms with E-state index in [0.29, 0.717) is 22.8 Å². The van der Waals surface area contributed by atoms with E-state index in [1.807, 2.05) is 48.5 Å².